The van der Waals surface area contributed by atoms with Crippen molar-refractivity contribution < 1.29 is 14.3 Å². The second-order valence-corrected chi connectivity index (χ2v) is 3.67. The highest BCUT2D eigenvalue weighted by Crippen LogP contribution is 2.12. The number of hydrogen-bond donors (Lipinski definition) is 0. The molecule has 0 N–H and O–H groups in total. The maximum absolute atomic E-state index is 11.2. The van der Waals surface area contributed by atoms with Crippen molar-refractivity contribution in [2.24, 2.45) is 0 Å². The third kappa shape index (κ3) is 2.45. The Morgan fingerprint density at radius 3 is 3.06 bits per heavy atom. The molecule has 0 atom stereocenters. The molecule has 2 rings (SSSR count). The zero-order valence-corrected chi connectivity index (χ0v) is 9.84. The third-order valence-corrected chi connectivity index (χ3v) is 2.46. The number of pyridine rings is 1. The fraction of sp³-hybridized carbons (Fsp3) is 0.333. The standard InChI is InChI=1S/C12H14N2O3/c1-9-10(7-17-12(15)8-16-2)14-6-4-3-5-11(14)13-9/h3-6H,7-8H2,1-2H3. The number of carbonyl (C=O) groups excluding carboxylic acids is 1. The summed E-state index contributed by atoms with van der Waals surface area (Å²) < 4.78 is 11.7. The molecule has 90 valence electrons. The van der Waals surface area contributed by atoms with Crippen molar-refractivity contribution in [2.45, 2.75) is 13.5 Å². The molecule has 0 aromatic carbocycles. The zero-order chi connectivity index (χ0) is 12.3. The lowest BCUT2D eigenvalue weighted by molar-refractivity contribution is -0.149. The number of nitrogens with zero attached hydrogens (tertiary/aromatic N) is 2. The van der Waals surface area contributed by atoms with Crippen molar-refractivity contribution in [1.29, 1.82) is 0 Å². The number of aromatic nitrogens is 2. The Balaban J connectivity index is 2.18. The minimum absolute atomic E-state index is 0.0320. The monoisotopic (exact) mass is 234 g/mol. The Morgan fingerprint density at radius 1 is 1.47 bits per heavy atom. The first-order chi connectivity index (χ1) is 8.22. The van der Waals surface area contributed by atoms with Gasteiger partial charge in [-0.25, -0.2) is 9.78 Å². The number of fused-ring (bicyclic) bond motifs is 1. The maximum atomic E-state index is 11.2. The second-order valence-electron chi connectivity index (χ2n) is 3.67. The van der Waals surface area contributed by atoms with Gasteiger partial charge in [0.2, 0.25) is 0 Å². The van der Waals surface area contributed by atoms with Crippen LogP contribution in [0.25, 0.3) is 5.65 Å². The molecule has 0 aliphatic rings. The van der Waals surface area contributed by atoms with Crippen LogP contribution in [0.15, 0.2) is 24.4 Å². The number of aryl methyl sites for hydroxylation is 1. The van der Waals surface area contributed by atoms with E-state index in [9.17, 15) is 4.79 Å². The van der Waals surface area contributed by atoms with Crippen LogP contribution >= 0.6 is 0 Å². The molecule has 5 nitrogen and oxygen atoms in total. The molecular formula is C12H14N2O3. The van der Waals surface area contributed by atoms with Gasteiger partial charge < -0.3 is 13.9 Å². The van der Waals surface area contributed by atoms with E-state index in [1.807, 2.05) is 35.7 Å². The summed E-state index contributed by atoms with van der Waals surface area (Å²) in [7, 11) is 1.46. The zero-order valence-electron chi connectivity index (χ0n) is 9.84. The number of rotatable bonds is 4. The Morgan fingerprint density at radius 2 is 2.29 bits per heavy atom. The van der Waals surface area contributed by atoms with Crippen LogP contribution in [-0.2, 0) is 20.9 Å². The molecule has 0 fully saturated rings. The number of carbonyl (C=O) groups is 1. The molecule has 2 heterocycles. The summed E-state index contributed by atoms with van der Waals surface area (Å²) in [5.41, 5.74) is 2.59. The Kier molecular flexibility index (Phi) is 3.39. The molecule has 0 aliphatic heterocycles. The van der Waals surface area contributed by atoms with Crippen LogP contribution in [0, 0.1) is 6.92 Å². The Labute approximate surface area is 99.0 Å². The first-order valence-corrected chi connectivity index (χ1v) is 5.29. The summed E-state index contributed by atoms with van der Waals surface area (Å²) in [5, 5.41) is 0. The van der Waals surface area contributed by atoms with E-state index in [-0.39, 0.29) is 19.2 Å². The number of hydrogen-bond acceptors (Lipinski definition) is 4. The predicted molar refractivity (Wildman–Crippen MR) is 61.6 cm³/mol. The van der Waals surface area contributed by atoms with E-state index < -0.39 is 0 Å². The molecule has 0 unspecified atom stereocenters. The fourth-order valence-electron chi connectivity index (χ4n) is 1.65. The predicted octanol–water partition coefficient (Wildman–Crippen LogP) is 1.33. The molecule has 0 amide bonds. The van der Waals surface area contributed by atoms with Crippen LogP contribution in [0.5, 0.6) is 0 Å². The van der Waals surface area contributed by atoms with Crippen LogP contribution in [0.4, 0.5) is 0 Å². The van der Waals surface area contributed by atoms with Gasteiger partial charge in [-0.05, 0) is 19.1 Å². The molecule has 5 heteroatoms. The van der Waals surface area contributed by atoms with Gasteiger partial charge in [0.05, 0.1) is 11.4 Å². The minimum Gasteiger partial charge on any atom is -0.457 e. The molecular weight excluding hydrogens is 220 g/mol. The average Bonchev–Trinajstić information content (AvgIpc) is 2.62. The van der Waals surface area contributed by atoms with Crippen LogP contribution in [-0.4, -0.2) is 29.1 Å². The second kappa shape index (κ2) is 4.97. The lowest BCUT2D eigenvalue weighted by Crippen LogP contribution is -2.12. The molecule has 0 bridgehead atoms. The van der Waals surface area contributed by atoms with Crippen molar-refractivity contribution >= 4 is 11.6 Å². The first kappa shape index (κ1) is 11.6. The van der Waals surface area contributed by atoms with E-state index in [0.717, 1.165) is 17.0 Å². The molecule has 0 saturated heterocycles. The minimum atomic E-state index is -0.377. The van der Waals surface area contributed by atoms with Crippen LogP contribution < -0.4 is 0 Å². The van der Waals surface area contributed by atoms with Crippen LogP contribution in [0.3, 0.4) is 0 Å². The Bertz CT molecular complexity index is 534. The van der Waals surface area contributed by atoms with Gasteiger partial charge in [0.15, 0.2) is 0 Å². The van der Waals surface area contributed by atoms with Crippen molar-refractivity contribution in [2.75, 3.05) is 13.7 Å². The van der Waals surface area contributed by atoms with E-state index in [1.165, 1.54) is 7.11 Å². The normalized spacial score (nSPS) is 10.7. The molecule has 2 aromatic heterocycles. The number of ether oxygens (including phenoxy) is 2. The van der Waals surface area contributed by atoms with Gasteiger partial charge in [0.25, 0.3) is 0 Å². The lowest BCUT2D eigenvalue weighted by Gasteiger charge is -2.05. The first-order valence-electron chi connectivity index (χ1n) is 5.29. The highest BCUT2D eigenvalue weighted by molar-refractivity contribution is 5.70. The summed E-state index contributed by atoms with van der Waals surface area (Å²) >= 11 is 0. The van der Waals surface area contributed by atoms with Crippen LogP contribution in [0.2, 0.25) is 0 Å². The van der Waals surface area contributed by atoms with Gasteiger partial charge in [0.1, 0.15) is 18.9 Å². The van der Waals surface area contributed by atoms with Crippen molar-refractivity contribution in [3.63, 3.8) is 0 Å². The largest absolute Gasteiger partial charge is 0.457 e. The van der Waals surface area contributed by atoms with Gasteiger partial charge in [-0.1, -0.05) is 6.07 Å². The summed E-state index contributed by atoms with van der Waals surface area (Å²) in [6.07, 6.45) is 1.90. The van der Waals surface area contributed by atoms with E-state index in [0.29, 0.717) is 0 Å². The summed E-state index contributed by atoms with van der Waals surface area (Å²) in [5.74, 6) is -0.377. The number of imidazole rings is 1. The SMILES string of the molecule is COCC(=O)OCc1c(C)nc2ccccn12. The number of esters is 1. The highest BCUT2D eigenvalue weighted by Gasteiger charge is 2.10. The molecule has 0 aliphatic carbocycles. The molecule has 0 saturated carbocycles. The average molecular weight is 234 g/mol. The molecule has 17 heavy (non-hydrogen) atoms. The van der Waals surface area contributed by atoms with Gasteiger partial charge in [-0.3, -0.25) is 0 Å². The van der Waals surface area contributed by atoms with E-state index in [1.54, 1.807) is 0 Å². The smallest absolute Gasteiger partial charge is 0.332 e. The molecule has 0 spiro atoms. The third-order valence-electron chi connectivity index (χ3n) is 2.46. The van der Waals surface area contributed by atoms with Crippen LogP contribution in [0.1, 0.15) is 11.4 Å². The number of methoxy groups -OCH3 is 1. The van der Waals surface area contributed by atoms with Crippen molar-refractivity contribution in [1.82, 2.24) is 9.38 Å². The summed E-state index contributed by atoms with van der Waals surface area (Å²) in [6.45, 7) is 2.07. The van der Waals surface area contributed by atoms with Gasteiger partial charge in [-0.15, -0.1) is 0 Å². The maximum Gasteiger partial charge on any atom is 0.332 e. The van der Waals surface area contributed by atoms with E-state index in [4.69, 9.17) is 9.47 Å². The molecule has 2 aromatic rings. The quantitative estimate of drug-likeness (QED) is 0.749. The van der Waals surface area contributed by atoms with Gasteiger partial charge in [0, 0.05) is 13.3 Å². The Hall–Kier alpha value is -1.88. The highest BCUT2D eigenvalue weighted by atomic mass is 16.6. The topological polar surface area (TPSA) is 52.8 Å². The lowest BCUT2D eigenvalue weighted by atomic mass is 10.3. The van der Waals surface area contributed by atoms with E-state index >= 15 is 0 Å². The van der Waals surface area contributed by atoms with Crippen molar-refractivity contribution in [3.8, 4) is 0 Å². The summed E-state index contributed by atoms with van der Waals surface area (Å²) in [6, 6.07) is 5.74. The summed E-state index contributed by atoms with van der Waals surface area (Å²) in [4.78, 5) is 15.6. The van der Waals surface area contributed by atoms with Gasteiger partial charge >= 0.3 is 5.97 Å². The van der Waals surface area contributed by atoms with Gasteiger partial charge in [-0.2, -0.15) is 0 Å². The van der Waals surface area contributed by atoms with E-state index in [2.05, 4.69) is 4.98 Å². The van der Waals surface area contributed by atoms with Crippen molar-refractivity contribution in [3.05, 3.63) is 35.8 Å². The molecule has 0 radical (unpaired) electrons. The fourth-order valence-corrected chi connectivity index (χ4v) is 1.65.